The van der Waals surface area contributed by atoms with Crippen LogP contribution in [0.25, 0.3) is 10.9 Å². The SMILES string of the molecule is CCc1cccc(NC(=O)CSc2nc3cc(Cl)ccc3c(=O)n2CCOC)c1. The number of nitrogens with zero attached hydrogens (tertiary/aromatic N) is 2. The number of amides is 1. The lowest BCUT2D eigenvalue weighted by atomic mass is 10.1. The fourth-order valence-corrected chi connectivity index (χ4v) is 3.85. The van der Waals surface area contributed by atoms with Gasteiger partial charge in [0.15, 0.2) is 5.16 Å². The van der Waals surface area contributed by atoms with Crippen molar-refractivity contribution in [2.45, 2.75) is 25.0 Å². The maximum Gasteiger partial charge on any atom is 0.262 e. The first-order chi connectivity index (χ1) is 14.0. The number of anilines is 1. The summed E-state index contributed by atoms with van der Waals surface area (Å²) in [5.74, 6) is -0.0380. The molecule has 1 heterocycles. The summed E-state index contributed by atoms with van der Waals surface area (Å²) in [7, 11) is 1.57. The molecule has 0 unspecified atom stereocenters. The zero-order chi connectivity index (χ0) is 20.8. The first-order valence-electron chi connectivity index (χ1n) is 9.22. The number of fused-ring (bicyclic) bond motifs is 1. The minimum Gasteiger partial charge on any atom is -0.383 e. The number of thioether (sulfide) groups is 1. The smallest absolute Gasteiger partial charge is 0.262 e. The number of methoxy groups -OCH3 is 1. The van der Waals surface area contributed by atoms with Crippen LogP contribution in [0.2, 0.25) is 5.02 Å². The molecule has 3 rings (SSSR count). The molecule has 0 aliphatic carbocycles. The molecular weight excluding hydrogens is 410 g/mol. The Morgan fingerprint density at radius 3 is 2.86 bits per heavy atom. The largest absolute Gasteiger partial charge is 0.383 e. The highest BCUT2D eigenvalue weighted by molar-refractivity contribution is 7.99. The molecule has 0 spiro atoms. The van der Waals surface area contributed by atoms with Crippen molar-refractivity contribution >= 4 is 45.9 Å². The number of hydrogen-bond acceptors (Lipinski definition) is 5. The van der Waals surface area contributed by atoms with Gasteiger partial charge in [-0.2, -0.15) is 0 Å². The molecule has 0 radical (unpaired) electrons. The molecule has 0 bridgehead atoms. The quantitative estimate of drug-likeness (QED) is 0.431. The van der Waals surface area contributed by atoms with Gasteiger partial charge in [-0.1, -0.05) is 42.4 Å². The lowest BCUT2D eigenvalue weighted by Gasteiger charge is -2.13. The Bertz CT molecular complexity index is 1080. The molecule has 0 aliphatic rings. The Morgan fingerprint density at radius 2 is 2.10 bits per heavy atom. The van der Waals surface area contributed by atoms with Crippen LogP contribution in [0.4, 0.5) is 5.69 Å². The van der Waals surface area contributed by atoms with E-state index in [9.17, 15) is 9.59 Å². The van der Waals surface area contributed by atoms with Gasteiger partial charge in [-0.05, 0) is 42.3 Å². The molecule has 152 valence electrons. The third kappa shape index (κ3) is 5.38. The monoisotopic (exact) mass is 431 g/mol. The van der Waals surface area contributed by atoms with Gasteiger partial charge in [-0.15, -0.1) is 0 Å². The first kappa shape index (κ1) is 21.4. The van der Waals surface area contributed by atoms with Crippen LogP contribution in [0, 0.1) is 0 Å². The van der Waals surface area contributed by atoms with Crippen molar-refractivity contribution in [2.75, 3.05) is 24.8 Å². The van der Waals surface area contributed by atoms with Crippen LogP contribution in [-0.4, -0.2) is 34.9 Å². The summed E-state index contributed by atoms with van der Waals surface area (Å²) < 4.78 is 6.65. The summed E-state index contributed by atoms with van der Waals surface area (Å²) in [6, 6.07) is 12.7. The maximum absolute atomic E-state index is 12.9. The summed E-state index contributed by atoms with van der Waals surface area (Å²) in [5, 5.41) is 4.33. The average Bonchev–Trinajstić information content (AvgIpc) is 2.71. The third-order valence-electron chi connectivity index (χ3n) is 4.35. The summed E-state index contributed by atoms with van der Waals surface area (Å²) in [4.78, 5) is 29.9. The van der Waals surface area contributed by atoms with E-state index < -0.39 is 0 Å². The molecule has 0 aliphatic heterocycles. The highest BCUT2D eigenvalue weighted by Gasteiger charge is 2.14. The molecule has 1 amide bonds. The minimum atomic E-state index is -0.178. The number of carbonyl (C=O) groups excluding carboxylic acids is 1. The Balaban J connectivity index is 1.82. The number of ether oxygens (including phenoxy) is 1. The van der Waals surface area contributed by atoms with Crippen molar-refractivity contribution in [1.29, 1.82) is 0 Å². The van der Waals surface area contributed by atoms with E-state index in [1.807, 2.05) is 24.3 Å². The zero-order valence-corrected chi connectivity index (χ0v) is 17.8. The second-order valence-corrected chi connectivity index (χ2v) is 7.78. The van der Waals surface area contributed by atoms with Gasteiger partial charge in [0.25, 0.3) is 5.56 Å². The Hall–Kier alpha value is -2.35. The Kier molecular flexibility index (Phi) is 7.30. The fourth-order valence-electron chi connectivity index (χ4n) is 2.86. The molecule has 0 atom stereocenters. The molecule has 29 heavy (non-hydrogen) atoms. The summed E-state index contributed by atoms with van der Waals surface area (Å²) in [6.45, 7) is 2.78. The van der Waals surface area contributed by atoms with Gasteiger partial charge >= 0.3 is 0 Å². The molecule has 3 aromatic rings. The van der Waals surface area contributed by atoms with Crippen LogP contribution < -0.4 is 10.9 Å². The summed E-state index contributed by atoms with van der Waals surface area (Å²) >= 11 is 7.26. The number of hydrogen-bond donors (Lipinski definition) is 1. The lowest BCUT2D eigenvalue weighted by Crippen LogP contribution is -2.26. The van der Waals surface area contributed by atoms with E-state index in [2.05, 4.69) is 17.2 Å². The number of rotatable bonds is 8. The molecule has 1 N–H and O–H groups in total. The van der Waals surface area contributed by atoms with Crippen LogP contribution in [0.15, 0.2) is 52.4 Å². The molecule has 2 aromatic carbocycles. The van der Waals surface area contributed by atoms with E-state index in [-0.39, 0.29) is 17.2 Å². The summed E-state index contributed by atoms with van der Waals surface area (Å²) in [5.41, 5.74) is 2.24. The van der Waals surface area contributed by atoms with Crippen molar-refractivity contribution in [3.05, 3.63) is 63.4 Å². The predicted molar refractivity (Wildman–Crippen MR) is 118 cm³/mol. The van der Waals surface area contributed by atoms with Gasteiger partial charge in [0.1, 0.15) is 0 Å². The minimum absolute atomic E-state index is 0.127. The standard InChI is InChI=1S/C21H22ClN3O3S/c1-3-14-5-4-6-16(11-14)23-19(26)13-29-21-24-18-12-15(22)7-8-17(18)20(27)25(21)9-10-28-2/h4-8,11-12H,3,9-10,13H2,1-2H3,(H,23,26). The topological polar surface area (TPSA) is 73.2 Å². The molecule has 6 nitrogen and oxygen atoms in total. The highest BCUT2D eigenvalue weighted by Crippen LogP contribution is 2.21. The van der Waals surface area contributed by atoms with Gasteiger partial charge in [0, 0.05) is 17.8 Å². The molecule has 0 saturated carbocycles. The van der Waals surface area contributed by atoms with E-state index in [0.717, 1.165) is 17.7 Å². The van der Waals surface area contributed by atoms with Gasteiger partial charge in [-0.25, -0.2) is 4.98 Å². The van der Waals surface area contributed by atoms with Crippen molar-refractivity contribution in [3.8, 4) is 0 Å². The number of carbonyl (C=O) groups is 1. The van der Waals surface area contributed by atoms with Crippen LogP contribution in [-0.2, 0) is 22.5 Å². The van der Waals surface area contributed by atoms with Crippen LogP contribution in [0.5, 0.6) is 0 Å². The van der Waals surface area contributed by atoms with Crippen LogP contribution >= 0.6 is 23.4 Å². The van der Waals surface area contributed by atoms with Crippen LogP contribution in [0.3, 0.4) is 0 Å². The molecule has 1 aromatic heterocycles. The number of aryl methyl sites for hydroxylation is 1. The highest BCUT2D eigenvalue weighted by atomic mass is 35.5. The van der Waals surface area contributed by atoms with Gasteiger partial charge < -0.3 is 10.1 Å². The van der Waals surface area contributed by atoms with E-state index in [0.29, 0.717) is 34.2 Å². The second-order valence-electron chi connectivity index (χ2n) is 6.40. The summed E-state index contributed by atoms with van der Waals surface area (Å²) in [6.07, 6.45) is 0.897. The van der Waals surface area contributed by atoms with Gasteiger partial charge in [0.05, 0.1) is 29.8 Å². The molecular formula is C21H22ClN3O3S. The van der Waals surface area contributed by atoms with Crippen molar-refractivity contribution < 1.29 is 9.53 Å². The van der Waals surface area contributed by atoms with E-state index in [1.165, 1.54) is 16.3 Å². The fraction of sp³-hybridized carbons (Fsp3) is 0.286. The predicted octanol–water partition coefficient (Wildman–Crippen LogP) is 3.99. The number of halogens is 1. The third-order valence-corrected chi connectivity index (χ3v) is 5.56. The average molecular weight is 432 g/mol. The normalized spacial score (nSPS) is 11.0. The van der Waals surface area contributed by atoms with Gasteiger partial charge in [-0.3, -0.25) is 14.2 Å². The lowest BCUT2D eigenvalue weighted by molar-refractivity contribution is -0.113. The second kappa shape index (κ2) is 9.91. The maximum atomic E-state index is 12.9. The Labute approximate surface area is 178 Å². The molecule has 8 heteroatoms. The number of aromatic nitrogens is 2. The number of nitrogens with one attached hydrogen (secondary N) is 1. The van der Waals surface area contributed by atoms with Crippen molar-refractivity contribution in [2.24, 2.45) is 0 Å². The molecule has 0 saturated heterocycles. The zero-order valence-electron chi connectivity index (χ0n) is 16.3. The molecule has 0 fully saturated rings. The number of benzene rings is 2. The van der Waals surface area contributed by atoms with E-state index in [4.69, 9.17) is 16.3 Å². The van der Waals surface area contributed by atoms with E-state index >= 15 is 0 Å². The van der Waals surface area contributed by atoms with Crippen molar-refractivity contribution in [3.63, 3.8) is 0 Å². The Morgan fingerprint density at radius 1 is 1.28 bits per heavy atom. The van der Waals surface area contributed by atoms with Crippen molar-refractivity contribution in [1.82, 2.24) is 9.55 Å². The van der Waals surface area contributed by atoms with E-state index in [1.54, 1.807) is 25.3 Å². The van der Waals surface area contributed by atoms with Gasteiger partial charge in [0.2, 0.25) is 5.91 Å². The van der Waals surface area contributed by atoms with Crippen LogP contribution in [0.1, 0.15) is 12.5 Å². The first-order valence-corrected chi connectivity index (χ1v) is 10.6.